The van der Waals surface area contributed by atoms with Gasteiger partial charge < -0.3 is 10.1 Å². The van der Waals surface area contributed by atoms with Gasteiger partial charge in [-0.3, -0.25) is 14.7 Å². The molecule has 1 N–H and O–H groups in total. The highest BCUT2D eigenvalue weighted by atomic mass is 19.1. The second kappa shape index (κ2) is 7.68. The van der Waals surface area contributed by atoms with Gasteiger partial charge in [-0.25, -0.2) is 4.39 Å². The highest BCUT2D eigenvalue weighted by Gasteiger charge is 2.21. The first-order chi connectivity index (χ1) is 11.7. The number of likely N-dealkylation sites (tertiary alicyclic amines) is 1. The fraction of sp³-hybridized carbons (Fsp3) is 0.444. The van der Waals surface area contributed by atoms with Gasteiger partial charge in [-0.15, -0.1) is 0 Å². The number of piperidine rings is 1. The smallest absolute Gasteiger partial charge is 0.253 e. The Bertz CT molecular complexity index is 722. The van der Waals surface area contributed by atoms with Gasteiger partial charge in [0.05, 0.1) is 17.7 Å². The van der Waals surface area contributed by atoms with E-state index in [0.29, 0.717) is 23.1 Å². The lowest BCUT2D eigenvalue weighted by Crippen LogP contribution is -2.48. The van der Waals surface area contributed by atoms with Crippen molar-refractivity contribution in [3.63, 3.8) is 0 Å². The Kier molecular flexibility index (Phi) is 5.37. The minimum Gasteiger partial charge on any atom is -0.383 e. The third-order valence-corrected chi connectivity index (χ3v) is 4.36. The normalized spacial score (nSPS) is 18.7. The Morgan fingerprint density at radius 3 is 3.17 bits per heavy atom. The monoisotopic (exact) mass is 331 g/mol. The van der Waals surface area contributed by atoms with Crippen LogP contribution in [0, 0.1) is 5.82 Å². The van der Waals surface area contributed by atoms with Gasteiger partial charge in [-0.05, 0) is 43.7 Å². The molecule has 1 fully saturated rings. The van der Waals surface area contributed by atoms with E-state index in [4.69, 9.17) is 4.74 Å². The fourth-order valence-corrected chi connectivity index (χ4v) is 3.09. The topological polar surface area (TPSA) is 54.5 Å². The number of rotatable bonds is 5. The second-order valence-corrected chi connectivity index (χ2v) is 6.17. The minimum absolute atomic E-state index is 0.117. The molecule has 1 aliphatic rings. The highest BCUT2D eigenvalue weighted by molar-refractivity contribution is 5.97. The van der Waals surface area contributed by atoms with Crippen LogP contribution in [0.1, 0.15) is 23.2 Å². The van der Waals surface area contributed by atoms with Crippen molar-refractivity contribution in [3.8, 4) is 0 Å². The lowest BCUT2D eigenvalue weighted by molar-refractivity contribution is 0.0878. The van der Waals surface area contributed by atoms with Crippen LogP contribution >= 0.6 is 0 Å². The Morgan fingerprint density at radius 2 is 2.33 bits per heavy atom. The molecule has 128 valence electrons. The zero-order valence-corrected chi connectivity index (χ0v) is 13.8. The third kappa shape index (κ3) is 4.07. The summed E-state index contributed by atoms with van der Waals surface area (Å²) >= 11 is 0. The van der Waals surface area contributed by atoms with Gasteiger partial charge in [0, 0.05) is 37.8 Å². The van der Waals surface area contributed by atoms with E-state index in [1.807, 2.05) is 0 Å². The Morgan fingerprint density at radius 1 is 1.46 bits per heavy atom. The van der Waals surface area contributed by atoms with Crippen LogP contribution in [0.5, 0.6) is 0 Å². The van der Waals surface area contributed by atoms with E-state index in [2.05, 4.69) is 15.2 Å². The van der Waals surface area contributed by atoms with Crippen molar-refractivity contribution in [2.75, 3.05) is 33.4 Å². The van der Waals surface area contributed by atoms with E-state index in [9.17, 15) is 9.18 Å². The highest BCUT2D eigenvalue weighted by Crippen LogP contribution is 2.16. The number of benzene rings is 1. The van der Waals surface area contributed by atoms with Crippen LogP contribution in [-0.2, 0) is 4.74 Å². The molecule has 0 saturated carbocycles. The van der Waals surface area contributed by atoms with E-state index in [-0.39, 0.29) is 17.8 Å². The molecule has 1 saturated heterocycles. The average molecular weight is 331 g/mol. The second-order valence-electron chi connectivity index (χ2n) is 6.17. The molecule has 1 aliphatic heterocycles. The van der Waals surface area contributed by atoms with Gasteiger partial charge in [0.1, 0.15) is 5.82 Å². The summed E-state index contributed by atoms with van der Waals surface area (Å²) in [5, 5.41) is 3.70. The first-order valence-corrected chi connectivity index (χ1v) is 8.23. The van der Waals surface area contributed by atoms with Crippen molar-refractivity contribution in [2.45, 2.75) is 18.9 Å². The number of nitrogens with zero attached hydrogens (tertiary/aromatic N) is 2. The van der Waals surface area contributed by atoms with E-state index >= 15 is 0 Å². The number of amides is 1. The number of carbonyl (C=O) groups excluding carboxylic acids is 1. The summed E-state index contributed by atoms with van der Waals surface area (Å²) in [6.45, 7) is 3.43. The van der Waals surface area contributed by atoms with E-state index in [1.54, 1.807) is 25.4 Å². The third-order valence-electron chi connectivity index (χ3n) is 4.36. The molecule has 3 rings (SSSR count). The van der Waals surface area contributed by atoms with Crippen molar-refractivity contribution in [2.24, 2.45) is 0 Å². The molecule has 0 aliphatic carbocycles. The zero-order valence-electron chi connectivity index (χ0n) is 13.8. The molecule has 0 bridgehead atoms. The lowest BCUT2D eigenvalue weighted by Gasteiger charge is -2.32. The summed E-state index contributed by atoms with van der Waals surface area (Å²) in [7, 11) is 1.69. The van der Waals surface area contributed by atoms with Crippen molar-refractivity contribution >= 4 is 16.8 Å². The summed E-state index contributed by atoms with van der Waals surface area (Å²) in [6.07, 6.45) is 3.56. The Balaban J connectivity index is 1.66. The number of hydrogen-bond donors (Lipinski definition) is 1. The maximum Gasteiger partial charge on any atom is 0.253 e. The van der Waals surface area contributed by atoms with E-state index in [0.717, 1.165) is 32.5 Å². The molecule has 6 heteroatoms. The number of methoxy groups -OCH3 is 1. The van der Waals surface area contributed by atoms with Crippen LogP contribution in [0.2, 0.25) is 0 Å². The van der Waals surface area contributed by atoms with Gasteiger partial charge >= 0.3 is 0 Å². The van der Waals surface area contributed by atoms with Gasteiger partial charge in [0.15, 0.2) is 0 Å². The molecular formula is C18H22FN3O2. The molecule has 5 nitrogen and oxygen atoms in total. The number of pyridine rings is 1. The molecule has 1 amide bonds. The van der Waals surface area contributed by atoms with Crippen molar-refractivity contribution < 1.29 is 13.9 Å². The number of fused-ring (bicyclic) bond motifs is 1. The lowest BCUT2D eigenvalue weighted by atomic mass is 10.0. The first-order valence-electron chi connectivity index (χ1n) is 8.23. The van der Waals surface area contributed by atoms with Crippen molar-refractivity contribution in [3.05, 3.63) is 41.8 Å². The standard InChI is InChI=1S/C18H22FN3O2/c1-24-8-7-22-6-2-3-16(12-22)21-18(23)14-9-13-10-15(19)4-5-17(13)20-11-14/h4-5,9-11,16H,2-3,6-8,12H2,1H3,(H,21,23). The molecule has 0 radical (unpaired) electrons. The maximum absolute atomic E-state index is 13.3. The summed E-state index contributed by atoms with van der Waals surface area (Å²) in [5.41, 5.74) is 1.14. The zero-order chi connectivity index (χ0) is 16.9. The molecule has 1 unspecified atom stereocenters. The van der Waals surface area contributed by atoms with Crippen molar-refractivity contribution in [1.29, 1.82) is 0 Å². The summed E-state index contributed by atoms with van der Waals surface area (Å²) < 4.78 is 18.5. The number of aromatic nitrogens is 1. The summed E-state index contributed by atoms with van der Waals surface area (Å²) in [5.74, 6) is -0.491. The largest absolute Gasteiger partial charge is 0.383 e. The average Bonchev–Trinajstić information content (AvgIpc) is 2.59. The van der Waals surface area contributed by atoms with Gasteiger partial charge in [-0.1, -0.05) is 0 Å². The van der Waals surface area contributed by atoms with Crippen molar-refractivity contribution in [1.82, 2.24) is 15.2 Å². The number of nitrogens with one attached hydrogen (secondary N) is 1. The van der Waals surface area contributed by atoms with E-state index in [1.165, 1.54) is 12.1 Å². The predicted octanol–water partition coefficient (Wildman–Crippen LogP) is 2.21. The minimum atomic E-state index is -0.331. The molecular weight excluding hydrogens is 309 g/mol. The van der Waals surface area contributed by atoms with Crippen LogP contribution in [-0.4, -0.2) is 55.2 Å². The summed E-state index contributed by atoms with van der Waals surface area (Å²) in [4.78, 5) is 19.0. The van der Waals surface area contributed by atoms with Gasteiger partial charge in [0.25, 0.3) is 5.91 Å². The number of hydrogen-bond acceptors (Lipinski definition) is 4. The Hall–Kier alpha value is -2.05. The molecule has 2 heterocycles. The molecule has 1 atom stereocenters. The van der Waals surface area contributed by atoms with E-state index < -0.39 is 0 Å². The molecule has 24 heavy (non-hydrogen) atoms. The Labute approximate surface area is 140 Å². The van der Waals surface area contributed by atoms with Gasteiger partial charge in [-0.2, -0.15) is 0 Å². The van der Waals surface area contributed by atoms with Crippen LogP contribution in [0.25, 0.3) is 10.9 Å². The van der Waals surface area contributed by atoms with Crippen LogP contribution in [0.4, 0.5) is 4.39 Å². The number of carbonyl (C=O) groups is 1. The molecule has 1 aromatic carbocycles. The quantitative estimate of drug-likeness (QED) is 0.913. The maximum atomic E-state index is 13.3. The summed E-state index contributed by atoms with van der Waals surface area (Å²) in [6, 6.07) is 6.18. The van der Waals surface area contributed by atoms with Crippen LogP contribution in [0.3, 0.4) is 0 Å². The fourth-order valence-electron chi connectivity index (χ4n) is 3.09. The van der Waals surface area contributed by atoms with Crippen LogP contribution in [0.15, 0.2) is 30.5 Å². The van der Waals surface area contributed by atoms with Crippen LogP contribution < -0.4 is 5.32 Å². The molecule has 0 spiro atoms. The number of halogens is 1. The molecule has 1 aromatic heterocycles. The SMILES string of the molecule is COCCN1CCCC(NC(=O)c2cnc3ccc(F)cc3c2)C1. The van der Waals surface area contributed by atoms with Gasteiger partial charge in [0.2, 0.25) is 0 Å². The number of ether oxygens (including phenoxy) is 1. The molecule has 2 aromatic rings. The first kappa shape index (κ1) is 16.8. The predicted molar refractivity (Wildman–Crippen MR) is 90.5 cm³/mol.